The van der Waals surface area contributed by atoms with Gasteiger partial charge in [0.25, 0.3) is 0 Å². The fourth-order valence-corrected chi connectivity index (χ4v) is 3.97. The van der Waals surface area contributed by atoms with Crippen LogP contribution in [0.5, 0.6) is 5.75 Å². The van der Waals surface area contributed by atoms with Crippen molar-refractivity contribution < 1.29 is 14.1 Å². The van der Waals surface area contributed by atoms with Gasteiger partial charge in [-0.15, -0.1) is 0 Å². The number of nitrogens with zero attached hydrogens (tertiary/aromatic N) is 1. The number of aromatic nitrogens is 1. The molecule has 0 fully saturated rings. The molecule has 1 aromatic heterocycles. The van der Waals surface area contributed by atoms with Crippen LogP contribution in [0.15, 0.2) is 77.3 Å². The Morgan fingerprint density at radius 3 is 2.35 bits per heavy atom. The Hall–Kier alpha value is -3.28. The van der Waals surface area contributed by atoms with Crippen molar-refractivity contribution in [1.82, 2.24) is 10.5 Å². The molecule has 1 amide bonds. The third kappa shape index (κ3) is 5.79. The van der Waals surface area contributed by atoms with Gasteiger partial charge in [-0.2, -0.15) is 0 Å². The Balaban J connectivity index is 1.42. The van der Waals surface area contributed by atoms with Crippen molar-refractivity contribution in [1.29, 1.82) is 0 Å². The molecule has 1 unspecified atom stereocenters. The van der Waals surface area contributed by atoms with E-state index in [0.717, 1.165) is 33.7 Å². The summed E-state index contributed by atoms with van der Waals surface area (Å²) in [5, 5.41) is 7.98. The molecule has 0 saturated carbocycles. The average molecular weight is 495 g/mol. The van der Waals surface area contributed by atoms with Crippen LogP contribution in [-0.4, -0.2) is 11.1 Å². The van der Waals surface area contributed by atoms with E-state index in [4.69, 9.17) is 32.5 Å². The molecule has 3 aromatic carbocycles. The molecule has 0 spiro atoms. The van der Waals surface area contributed by atoms with Gasteiger partial charge >= 0.3 is 0 Å². The molecule has 0 aliphatic heterocycles. The van der Waals surface area contributed by atoms with Gasteiger partial charge in [-0.05, 0) is 54.8 Å². The van der Waals surface area contributed by atoms with Crippen molar-refractivity contribution >= 4 is 29.1 Å². The van der Waals surface area contributed by atoms with Gasteiger partial charge in [0.2, 0.25) is 5.91 Å². The van der Waals surface area contributed by atoms with Crippen LogP contribution < -0.4 is 10.1 Å². The minimum atomic E-state index is -0.346. The summed E-state index contributed by atoms with van der Waals surface area (Å²) in [6.45, 7) is 4.13. The Morgan fingerprint density at radius 2 is 1.71 bits per heavy atom. The number of amides is 1. The van der Waals surface area contributed by atoms with Crippen LogP contribution in [0, 0.1) is 13.8 Å². The lowest BCUT2D eigenvalue weighted by molar-refractivity contribution is -0.120. The maximum Gasteiger partial charge on any atom is 0.225 e. The fourth-order valence-electron chi connectivity index (χ4n) is 3.66. The Bertz CT molecular complexity index is 1250. The summed E-state index contributed by atoms with van der Waals surface area (Å²) in [6.07, 6.45) is 0.231. The second-order valence-corrected chi connectivity index (χ2v) is 8.81. The monoisotopic (exact) mass is 494 g/mol. The van der Waals surface area contributed by atoms with E-state index in [1.807, 2.05) is 74.5 Å². The van der Waals surface area contributed by atoms with Gasteiger partial charge in [0.1, 0.15) is 18.1 Å². The van der Waals surface area contributed by atoms with Crippen LogP contribution >= 0.6 is 23.2 Å². The number of halogens is 2. The zero-order chi connectivity index (χ0) is 24.1. The first-order chi connectivity index (χ1) is 16.4. The van der Waals surface area contributed by atoms with E-state index in [0.29, 0.717) is 22.4 Å². The number of rotatable bonds is 8. The first-order valence-electron chi connectivity index (χ1n) is 10.8. The molecule has 7 heteroatoms. The van der Waals surface area contributed by atoms with Gasteiger partial charge in [0.15, 0.2) is 0 Å². The van der Waals surface area contributed by atoms with Crippen molar-refractivity contribution in [3.8, 4) is 5.75 Å². The summed E-state index contributed by atoms with van der Waals surface area (Å²) in [4.78, 5) is 12.9. The third-order valence-corrected chi connectivity index (χ3v) is 6.31. The molecule has 4 rings (SSSR count). The highest BCUT2D eigenvalue weighted by atomic mass is 35.5. The standard InChI is InChI=1S/C27H24Cl2N2O3/c1-17-23(18(2)34-31-17)16-33-22-11-8-19(9-12-22)14-26(32)30-27(20-6-4-3-5-7-20)21-10-13-24(28)25(29)15-21/h3-13,15,27H,14,16H2,1-2H3,(H,30,32). The smallest absolute Gasteiger partial charge is 0.225 e. The highest BCUT2D eigenvalue weighted by Gasteiger charge is 2.18. The maximum absolute atomic E-state index is 12.9. The first kappa shape index (κ1) is 23.9. The number of hydrogen-bond acceptors (Lipinski definition) is 4. The van der Waals surface area contributed by atoms with Crippen molar-refractivity contribution in [3.63, 3.8) is 0 Å². The Morgan fingerprint density at radius 1 is 0.971 bits per heavy atom. The second kappa shape index (κ2) is 10.8. The molecule has 0 bridgehead atoms. The van der Waals surface area contributed by atoms with E-state index in [9.17, 15) is 4.79 Å². The van der Waals surface area contributed by atoms with E-state index in [-0.39, 0.29) is 18.4 Å². The third-order valence-electron chi connectivity index (χ3n) is 5.57. The Labute approximate surface area is 208 Å². The lowest BCUT2D eigenvalue weighted by atomic mass is 9.98. The number of hydrogen-bond donors (Lipinski definition) is 1. The van der Waals surface area contributed by atoms with Crippen LogP contribution in [0.25, 0.3) is 0 Å². The van der Waals surface area contributed by atoms with E-state index in [1.165, 1.54) is 0 Å². The molecule has 174 valence electrons. The molecular weight excluding hydrogens is 471 g/mol. The normalized spacial score (nSPS) is 11.8. The van der Waals surface area contributed by atoms with Gasteiger partial charge in [0.05, 0.1) is 33.8 Å². The van der Waals surface area contributed by atoms with Crippen molar-refractivity contribution in [2.24, 2.45) is 0 Å². The quantitative estimate of drug-likeness (QED) is 0.298. The molecule has 1 atom stereocenters. The summed E-state index contributed by atoms with van der Waals surface area (Å²) in [5.74, 6) is 1.35. The van der Waals surface area contributed by atoms with Crippen molar-refractivity contribution in [2.75, 3.05) is 0 Å². The number of aryl methyl sites for hydroxylation is 2. The fraction of sp³-hybridized carbons (Fsp3) is 0.185. The lowest BCUT2D eigenvalue weighted by Gasteiger charge is -2.20. The molecule has 5 nitrogen and oxygen atoms in total. The topological polar surface area (TPSA) is 64.4 Å². The van der Waals surface area contributed by atoms with E-state index >= 15 is 0 Å². The van der Waals surface area contributed by atoms with E-state index < -0.39 is 0 Å². The molecule has 1 N–H and O–H groups in total. The number of benzene rings is 3. The molecule has 0 radical (unpaired) electrons. The predicted octanol–water partition coefficient (Wildman–Crippen LogP) is 6.63. The van der Waals surface area contributed by atoms with Crippen LogP contribution in [0.1, 0.15) is 39.7 Å². The first-order valence-corrected chi connectivity index (χ1v) is 11.6. The zero-order valence-corrected chi connectivity index (χ0v) is 20.4. The summed E-state index contributed by atoms with van der Waals surface area (Å²) < 4.78 is 11.0. The van der Waals surface area contributed by atoms with Gasteiger partial charge in [-0.3, -0.25) is 4.79 Å². The number of carbonyl (C=O) groups excluding carboxylic acids is 1. The maximum atomic E-state index is 12.9. The highest BCUT2D eigenvalue weighted by Crippen LogP contribution is 2.29. The molecule has 0 aliphatic carbocycles. The summed E-state index contributed by atoms with van der Waals surface area (Å²) in [6, 6.07) is 22.3. The molecule has 0 saturated heterocycles. The molecular formula is C27H24Cl2N2O3. The lowest BCUT2D eigenvalue weighted by Crippen LogP contribution is -2.30. The van der Waals surface area contributed by atoms with Gasteiger partial charge in [0, 0.05) is 0 Å². The SMILES string of the molecule is Cc1noc(C)c1COc1ccc(CC(=O)NC(c2ccccc2)c2ccc(Cl)c(Cl)c2)cc1. The number of ether oxygens (including phenoxy) is 1. The second-order valence-electron chi connectivity index (χ2n) is 8.00. The molecule has 34 heavy (non-hydrogen) atoms. The minimum Gasteiger partial charge on any atom is -0.489 e. The summed E-state index contributed by atoms with van der Waals surface area (Å²) >= 11 is 12.3. The molecule has 4 aromatic rings. The van der Waals surface area contributed by atoms with Crippen LogP contribution in [-0.2, 0) is 17.8 Å². The van der Waals surface area contributed by atoms with Crippen LogP contribution in [0.4, 0.5) is 0 Å². The van der Waals surface area contributed by atoms with Crippen molar-refractivity contribution in [2.45, 2.75) is 32.9 Å². The minimum absolute atomic E-state index is 0.107. The van der Waals surface area contributed by atoms with Gasteiger partial charge < -0.3 is 14.6 Å². The summed E-state index contributed by atoms with van der Waals surface area (Å²) in [5.41, 5.74) is 4.45. The molecule has 1 heterocycles. The zero-order valence-electron chi connectivity index (χ0n) is 18.8. The predicted molar refractivity (Wildman–Crippen MR) is 133 cm³/mol. The molecule has 0 aliphatic rings. The van der Waals surface area contributed by atoms with Crippen LogP contribution in [0.2, 0.25) is 10.0 Å². The van der Waals surface area contributed by atoms with E-state index in [1.54, 1.807) is 12.1 Å². The Kier molecular flexibility index (Phi) is 7.56. The number of nitrogens with one attached hydrogen (secondary N) is 1. The van der Waals surface area contributed by atoms with Crippen molar-refractivity contribution in [3.05, 3.63) is 117 Å². The van der Waals surface area contributed by atoms with Gasteiger partial charge in [-0.25, -0.2) is 0 Å². The highest BCUT2D eigenvalue weighted by molar-refractivity contribution is 6.42. The van der Waals surface area contributed by atoms with E-state index in [2.05, 4.69) is 10.5 Å². The number of carbonyl (C=O) groups is 1. The largest absolute Gasteiger partial charge is 0.489 e. The van der Waals surface area contributed by atoms with Crippen LogP contribution in [0.3, 0.4) is 0 Å². The van der Waals surface area contributed by atoms with Gasteiger partial charge in [-0.1, -0.05) is 76.9 Å². The summed E-state index contributed by atoms with van der Waals surface area (Å²) in [7, 11) is 0. The average Bonchev–Trinajstić information content (AvgIpc) is 3.16.